The highest BCUT2D eigenvalue weighted by molar-refractivity contribution is 5.74. The fourth-order valence-electron chi connectivity index (χ4n) is 1.06. The van der Waals surface area contributed by atoms with Crippen LogP contribution in [0.1, 0.15) is 12.7 Å². The summed E-state index contributed by atoms with van der Waals surface area (Å²) in [6, 6.07) is 1.09. The molecule has 1 rings (SSSR count). The molecule has 0 aliphatic heterocycles. The van der Waals surface area contributed by atoms with E-state index in [9.17, 15) is 18.0 Å². The number of esters is 1. The molecule has 9 heteroatoms. The summed E-state index contributed by atoms with van der Waals surface area (Å²) >= 11 is 0. The van der Waals surface area contributed by atoms with E-state index >= 15 is 0 Å². The Hall–Kier alpha value is -2.06. The van der Waals surface area contributed by atoms with Crippen molar-refractivity contribution in [3.05, 3.63) is 11.9 Å². The van der Waals surface area contributed by atoms with Crippen LogP contribution in [0.5, 0.6) is 0 Å². The number of carbonyl (C=O) groups is 1. The van der Waals surface area contributed by atoms with Crippen molar-refractivity contribution in [2.45, 2.75) is 13.1 Å². The molecule has 0 aliphatic rings. The number of hydrogen-bond acceptors (Lipinski definition) is 6. The van der Waals surface area contributed by atoms with E-state index in [4.69, 9.17) is 5.73 Å². The molecular formula is C9H11F3N4O2. The average molecular weight is 264 g/mol. The Labute approximate surface area is 100 Å². The molecule has 0 fully saturated rings. The van der Waals surface area contributed by atoms with Gasteiger partial charge in [0.05, 0.1) is 6.61 Å². The third-order valence-electron chi connectivity index (χ3n) is 1.72. The third-order valence-corrected chi connectivity index (χ3v) is 1.72. The van der Waals surface area contributed by atoms with Gasteiger partial charge in [-0.05, 0) is 6.92 Å². The predicted octanol–water partition coefficient (Wildman–Crippen LogP) is 1.05. The zero-order chi connectivity index (χ0) is 13.8. The quantitative estimate of drug-likeness (QED) is 0.790. The number of nitrogen functional groups attached to an aromatic ring is 1. The Bertz CT molecular complexity index is 436. The van der Waals surface area contributed by atoms with E-state index < -0.39 is 18.0 Å². The summed E-state index contributed by atoms with van der Waals surface area (Å²) in [7, 11) is 0. The summed E-state index contributed by atoms with van der Waals surface area (Å²) in [6.07, 6.45) is -4.70. The van der Waals surface area contributed by atoms with Gasteiger partial charge in [-0.25, -0.2) is 9.97 Å². The first-order valence-electron chi connectivity index (χ1n) is 4.94. The SMILES string of the molecule is CCOC(=O)CNc1cc(N)nc(C(F)(F)F)n1. The Morgan fingerprint density at radius 1 is 1.50 bits per heavy atom. The number of nitrogens with one attached hydrogen (secondary N) is 1. The molecule has 3 N–H and O–H groups in total. The number of carbonyl (C=O) groups excluding carboxylic acids is 1. The summed E-state index contributed by atoms with van der Waals surface area (Å²) in [4.78, 5) is 17.3. The van der Waals surface area contributed by atoms with E-state index in [2.05, 4.69) is 20.0 Å². The van der Waals surface area contributed by atoms with Crippen LogP contribution in [0.15, 0.2) is 6.07 Å². The van der Waals surface area contributed by atoms with Crippen molar-refractivity contribution in [2.24, 2.45) is 0 Å². The van der Waals surface area contributed by atoms with Gasteiger partial charge >= 0.3 is 12.1 Å². The second-order valence-corrected chi connectivity index (χ2v) is 3.16. The molecule has 0 spiro atoms. The Kier molecular flexibility index (Phi) is 4.29. The van der Waals surface area contributed by atoms with Crippen molar-refractivity contribution >= 4 is 17.6 Å². The summed E-state index contributed by atoms with van der Waals surface area (Å²) in [5.41, 5.74) is 5.21. The van der Waals surface area contributed by atoms with Crippen LogP contribution >= 0.6 is 0 Å². The van der Waals surface area contributed by atoms with Gasteiger partial charge in [-0.15, -0.1) is 0 Å². The zero-order valence-corrected chi connectivity index (χ0v) is 9.41. The summed E-state index contributed by atoms with van der Waals surface area (Å²) in [5.74, 6) is -2.51. The Balaban J connectivity index is 2.78. The fraction of sp³-hybridized carbons (Fsp3) is 0.444. The van der Waals surface area contributed by atoms with Crippen LogP contribution in [0.3, 0.4) is 0 Å². The number of nitrogens with zero attached hydrogens (tertiary/aromatic N) is 2. The lowest BCUT2D eigenvalue weighted by Gasteiger charge is -2.09. The maximum Gasteiger partial charge on any atom is 0.451 e. The Morgan fingerprint density at radius 2 is 2.17 bits per heavy atom. The van der Waals surface area contributed by atoms with E-state index in [-0.39, 0.29) is 24.8 Å². The topological polar surface area (TPSA) is 90.1 Å². The average Bonchev–Trinajstić information content (AvgIpc) is 2.25. The van der Waals surface area contributed by atoms with Crippen molar-refractivity contribution in [3.8, 4) is 0 Å². The van der Waals surface area contributed by atoms with E-state index in [1.807, 2.05) is 0 Å². The summed E-state index contributed by atoms with van der Waals surface area (Å²) < 4.78 is 41.7. The summed E-state index contributed by atoms with van der Waals surface area (Å²) in [6.45, 7) is 1.49. The second-order valence-electron chi connectivity index (χ2n) is 3.16. The third kappa shape index (κ3) is 4.07. The van der Waals surface area contributed by atoms with Gasteiger partial charge < -0.3 is 15.8 Å². The van der Waals surface area contributed by atoms with Gasteiger partial charge in [-0.3, -0.25) is 4.79 Å². The fourth-order valence-corrected chi connectivity index (χ4v) is 1.06. The van der Waals surface area contributed by atoms with Crippen LogP contribution in [0.4, 0.5) is 24.8 Å². The molecule has 0 unspecified atom stereocenters. The van der Waals surface area contributed by atoms with Crippen LogP contribution in [-0.4, -0.2) is 29.1 Å². The number of anilines is 2. The molecule has 0 aliphatic carbocycles. The zero-order valence-electron chi connectivity index (χ0n) is 9.41. The van der Waals surface area contributed by atoms with Gasteiger partial charge in [-0.2, -0.15) is 13.2 Å². The first-order chi connectivity index (χ1) is 8.32. The van der Waals surface area contributed by atoms with Gasteiger partial charge in [0.25, 0.3) is 0 Å². The maximum absolute atomic E-state index is 12.4. The van der Waals surface area contributed by atoms with Crippen molar-refractivity contribution in [3.63, 3.8) is 0 Å². The van der Waals surface area contributed by atoms with E-state index in [1.165, 1.54) is 0 Å². The second kappa shape index (κ2) is 5.52. The standard InChI is InChI=1S/C9H11F3N4O2/c1-2-18-7(17)4-14-6-3-5(13)15-8(16-6)9(10,11)12/h3H,2,4H2,1H3,(H3,13,14,15,16). The highest BCUT2D eigenvalue weighted by atomic mass is 19.4. The van der Waals surface area contributed by atoms with Gasteiger partial charge in [-0.1, -0.05) is 0 Å². The lowest BCUT2D eigenvalue weighted by Crippen LogP contribution is -2.19. The van der Waals surface area contributed by atoms with Crippen molar-refractivity contribution < 1.29 is 22.7 Å². The minimum absolute atomic E-state index is 0.181. The van der Waals surface area contributed by atoms with Crippen LogP contribution in [0.25, 0.3) is 0 Å². The van der Waals surface area contributed by atoms with E-state index in [0.29, 0.717) is 0 Å². The molecule has 0 radical (unpaired) electrons. The van der Waals surface area contributed by atoms with Crippen molar-refractivity contribution in [1.29, 1.82) is 0 Å². The van der Waals surface area contributed by atoms with E-state index in [1.54, 1.807) is 6.92 Å². The molecule has 0 saturated heterocycles. The molecule has 1 heterocycles. The molecule has 1 aromatic heterocycles. The molecular weight excluding hydrogens is 253 g/mol. The number of ether oxygens (including phenoxy) is 1. The minimum atomic E-state index is -4.70. The number of halogens is 3. The molecule has 0 saturated carbocycles. The van der Waals surface area contributed by atoms with Gasteiger partial charge in [0.1, 0.15) is 18.2 Å². The van der Waals surface area contributed by atoms with Crippen molar-refractivity contribution in [1.82, 2.24) is 9.97 Å². The highest BCUT2D eigenvalue weighted by Crippen LogP contribution is 2.27. The minimum Gasteiger partial charge on any atom is -0.465 e. The lowest BCUT2D eigenvalue weighted by molar-refractivity contribution is -0.144. The predicted molar refractivity (Wildman–Crippen MR) is 56.6 cm³/mol. The van der Waals surface area contributed by atoms with Crippen LogP contribution in [0.2, 0.25) is 0 Å². The van der Waals surface area contributed by atoms with Gasteiger partial charge in [0.15, 0.2) is 0 Å². The molecule has 1 aromatic rings. The number of nitrogens with two attached hydrogens (primary N) is 1. The smallest absolute Gasteiger partial charge is 0.451 e. The lowest BCUT2D eigenvalue weighted by atomic mass is 10.4. The molecule has 100 valence electrons. The molecule has 0 amide bonds. The van der Waals surface area contributed by atoms with Crippen LogP contribution in [-0.2, 0) is 15.7 Å². The largest absolute Gasteiger partial charge is 0.465 e. The number of aromatic nitrogens is 2. The Morgan fingerprint density at radius 3 is 2.72 bits per heavy atom. The molecule has 0 aromatic carbocycles. The molecule has 0 bridgehead atoms. The first kappa shape index (κ1) is 14.0. The van der Waals surface area contributed by atoms with Crippen LogP contribution in [0, 0.1) is 0 Å². The maximum atomic E-state index is 12.4. The van der Waals surface area contributed by atoms with Gasteiger partial charge in [0.2, 0.25) is 5.82 Å². The van der Waals surface area contributed by atoms with Gasteiger partial charge in [0, 0.05) is 6.07 Å². The first-order valence-corrected chi connectivity index (χ1v) is 4.94. The van der Waals surface area contributed by atoms with E-state index in [0.717, 1.165) is 6.07 Å². The molecule has 18 heavy (non-hydrogen) atoms. The highest BCUT2D eigenvalue weighted by Gasteiger charge is 2.35. The molecule has 6 nitrogen and oxygen atoms in total. The molecule has 0 atom stereocenters. The normalized spacial score (nSPS) is 11.1. The number of rotatable bonds is 4. The van der Waals surface area contributed by atoms with Crippen molar-refractivity contribution in [2.75, 3.05) is 24.2 Å². The number of hydrogen-bond donors (Lipinski definition) is 2. The monoisotopic (exact) mass is 264 g/mol. The number of alkyl halides is 3. The van der Waals surface area contributed by atoms with Crippen LogP contribution < -0.4 is 11.1 Å². The summed E-state index contributed by atoms with van der Waals surface area (Å²) in [5, 5.41) is 2.38.